The van der Waals surface area contributed by atoms with Gasteiger partial charge in [0.05, 0.1) is 13.3 Å². The number of para-hydroxylation sites is 1. The number of carbonyl (C=O) groups excluding carboxylic acids is 1. The third-order valence-corrected chi connectivity index (χ3v) is 3.80. The maximum absolute atomic E-state index is 12.1. The summed E-state index contributed by atoms with van der Waals surface area (Å²) in [5.41, 5.74) is 3.33. The number of carbonyl (C=O) groups is 1. The molecule has 7 heteroatoms. The number of hydrogen-bond donors (Lipinski definition) is 2. The van der Waals surface area contributed by atoms with E-state index < -0.39 is 5.91 Å². The number of fused-ring (bicyclic) bond motifs is 1. The Balaban J connectivity index is 1.78. The zero-order valence-corrected chi connectivity index (χ0v) is 14.2. The van der Waals surface area contributed by atoms with Crippen molar-refractivity contribution in [3.63, 3.8) is 0 Å². The van der Waals surface area contributed by atoms with Crippen molar-refractivity contribution in [2.45, 2.75) is 0 Å². The van der Waals surface area contributed by atoms with Gasteiger partial charge in [0.2, 0.25) is 0 Å². The summed E-state index contributed by atoms with van der Waals surface area (Å²) < 4.78 is 11.5. The van der Waals surface area contributed by atoms with Crippen LogP contribution < -0.4 is 10.2 Å². The van der Waals surface area contributed by atoms with Crippen LogP contribution in [0.15, 0.2) is 56.5 Å². The van der Waals surface area contributed by atoms with E-state index in [9.17, 15) is 9.90 Å². The maximum atomic E-state index is 12.1. The molecule has 1 heterocycles. The lowest BCUT2D eigenvalue weighted by molar-refractivity contribution is 0.0929. The zero-order chi connectivity index (χ0) is 17.1. The van der Waals surface area contributed by atoms with E-state index in [2.05, 4.69) is 26.5 Å². The van der Waals surface area contributed by atoms with Crippen LogP contribution in [0, 0.1) is 0 Å². The number of ether oxygens (including phenoxy) is 1. The molecule has 0 unspecified atom stereocenters. The number of rotatable bonds is 4. The van der Waals surface area contributed by atoms with Crippen LogP contribution >= 0.6 is 15.9 Å². The molecule has 24 heavy (non-hydrogen) atoms. The fourth-order valence-electron chi connectivity index (χ4n) is 2.15. The summed E-state index contributed by atoms with van der Waals surface area (Å²) in [6, 6.07) is 11.9. The van der Waals surface area contributed by atoms with Gasteiger partial charge in [-0.05, 0) is 30.3 Å². The number of hydrogen-bond acceptors (Lipinski definition) is 5. The molecule has 3 rings (SSSR count). The molecule has 2 N–H and O–H groups in total. The Bertz CT molecular complexity index is 933. The van der Waals surface area contributed by atoms with Crippen molar-refractivity contribution in [3.8, 4) is 11.5 Å². The number of amides is 1. The highest BCUT2D eigenvalue weighted by Crippen LogP contribution is 2.28. The number of halogens is 1. The molecule has 0 saturated heterocycles. The lowest BCUT2D eigenvalue weighted by Gasteiger charge is -2.00. The third-order valence-electron chi connectivity index (χ3n) is 3.31. The quantitative estimate of drug-likeness (QED) is 0.527. The van der Waals surface area contributed by atoms with Crippen LogP contribution in [0.2, 0.25) is 0 Å². The van der Waals surface area contributed by atoms with Gasteiger partial charge in [-0.15, -0.1) is 0 Å². The average Bonchev–Trinajstić information content (AvgIpc) is 3.02. The minimum Gasteiger partial charge on any atom is -0.507 e. The molecule has 0 aliphatic carbocycles. The van der Waals surface area contributed by atoms with E-state index in [4.69, 9.17) is 9.15 Å². The molecule has 1 amide bonds. The number of aromatic hydroxyl groups is 1. The zero-order valence-electron chi connectivity index (χ0n) is 12.6. The number of nitrogens with one attached hydrogen (secondary N) is 1. The number of phenolic OH excluding ortho intramolecular Hbond substituents is 1. The Hall–Kier alpha value is -2.80. The van der Waals surface area contributed by atoms with Crippen LogP contribution in [-0.2, 0) is 0 Å². The molecule has 0 aliphatic rings. The fourth-order valence-corrected chi connectivity index (χ4v) is 2.53. The monoisotopic (exact) mass is 388 g/mol. The van der Waals surface area contributed by atoms with Crippen LogP contribution in [0.25, 0.3) is 11.0 Å². The predicted molar refractivity (Wildman–Crippen MR) is 93.6 cm³/mol. The maximum Gasteiger partial charge on any atom is 0.307 e. The van der Waals surface area contributed by atoms with Gasteiger partial charge in [0.1, 0.15) is 5.75 Å². The second kappa shape index (κ2) is 6.76. The van der Waals surface area contributed by atoms with Crippen molar-refractivity contribution in [2.24, 2.45) is 5.10 Å². The number of benzene rings is 2. The highest BCUT2D eigenvalue weighted by atomic mass is 79.9. The minimum absolute atomic E-state index is 0.0599. The minimum atomic E-state index is -0.501. The van der Waals surface area contributed by atoms with E-state index >= 15 is 0 Å². The molecule has 0 fully saturated rings. The van der Waals surface area contributed by atoms with E-state index in [-0.39, 0.29) is 11.5 Å². The summed E-state index contributed by atoms with van der Waals surface area (Å²) in [6.45, 7) is 0. The lowest BCUT2D eigenvalue weighted by Crippen LogP contribution is -2.16. The molecule has 2 aromatic carbocycles. The van der Waals surface area contributed by atoms with Crippen molar-refractivity contribution in [3.05, 3.63) is 58.3 Å². The van der Waals surface area contributed by atoms with Crippen LogP contribution in [0.5, 0.6) is 11.5 Å². The fraction of sp³-hybridized carbons (Fsp3) is 0.0588. The Labute approximate surface area is 145 Å². The molecule has 0 bridgehead atoms. The molecule has 0 radical (unpaired) electrons. The first-order valence-electron chi connectivity index (χ1n) is 6.97. The number of hydrazone groups is 1. The highest BCUT2D eigenvalue weighted by Gasteiger charge is 2.14. The van der Waals surface area contributed by atoms with E-state index in [0.29, 0.717) is 16.9 Å². The highest BCUT2D eigenvalue weighted by molar-refractivity contribution is 9.10. The van der Waals surface area contributed by atoms with Crippen LogP contribution in [-0.4, -0.2) is 24.3 Å². The van der Waals surface area contributed by atoms with Crippen molar-refractivity contribution >= 4 is 39.0 Å². The number of nitrogens with zero attached hydrogens (tertiary/aromatic N) is 1. The van der Waals surface area contributed by atoms with Gasteiger partial charge in [0, 0.05) is 15.4 Å². The smallest absolute Gasteiger partial charge is 0.307 e. The van der Waals surface area contributed by atoms with Gasteiger partial charge in [-0.3, -0.25) is 4.79 Å². The Morgan fingerprint density at radius 1 is 1.33 bits per heavy atom. The predicted octanol–water partition coefficient (Wildman–Crippen LogP) is 3.67. The number of methoxy groups -OCH3 is 1. The average molecular weight is 389 g/mol. The summed E-state index contributed by atoms with van der Waals surface area (Å²) >= 11 is 3.30. The largest absolute Gasteiger partial charge is 0.507 e. The standard InChI is InChI=1S/C17H13BrN2O4/c1-23-14-4-2-3-10-8-15(24-16(10)14)17(22)20-19-9-11-7-12(18)5-6-13(11)21/h2-9,21H,1H3,(H,20,22)/b19-9-. The molecule has 3 aromatic rings. The Kier molecular flexibility index (Phi) is 4.52. The topological polar surface area (TPSA) is 84.1 Å². The molecule has 0 spiro atoms. The molecule has 0 atom stereocenters. The second-order valence-electron chi connectivity index (χ2n) is 4.89. The number of phenols is 1. The third kappa shape index (κ3) is 3.26. The molecule has 1 aromatic heterocycles. The van der Waals surface area contributed by atoms with Gasteiger partial charge in [0.25, 0.3) is 0 Å². The van der Waals surface area contributed by atoms with Crippen LogP contribution in [0.4, 0.5) is 0 Å². The first-order valence-corrected chi connectivity index (χ1v) is 7.76. The van der Waals surface area contributed by atoms with Gasteiger partial charge in [0.15, 0.2) is 17.1 Å². The summed E-state index contributed by atoms with van der Waals surface area (Å²) in [5, 5.41) is 14.3. The summed E-state index contributed by atoms with van der Waals surface area (Å²) in [4.78, 5) is 12.1. The molecule has 122 valence electrons. The summed E-state index contributed by atoms with van der Waals surface area (Å²) in [5.74, 6) is 0.225. The van der Waals surface area contributed by atoms with Gasteiger partial charge in [-0.2, -0.15) is 5.10 Å². The summed E-state index contributed by atoms with van der Waals surface area (Å²) in [6.07, 6.45) is 1.35. The molecule has 0 saturated carbocycles. The molecule has 6 nitrogen and oxygen atoms in total. The SMILES string of the molecule is COc1cccc2cc(C(=O)N/N=C\c3cc(Br)ccc3O)oc12. The van der Waals surface area contributed by atoms with E-state index in [1.54, 1.807) is 24.3 Å². The second-order valence-corrected chi connectivity index (χ2v) is 5.81. The van der Waals surface area contributed by atoms with Gasteiger partial charge >= 0.3 is 5.91 Å². The summed E-state index contributed by atoms with van der Waals surface area (Å²) in [7, 11) is 1.53. The van der Waals surface area contributed by atoms with Crippen molar-refractivity contribution < 1.29 is 19.1 Å². The molecular weight excluding hydrogens is 376 g/mol. The molecule has 0 aliphatic heterocycles. The van der Waals surface area contributed by atoms with E-state index in [1.165, 1.54) is 19.4 Å². The Morgan fingerprint density at radius 2 is 2.17 bits per heavy atom. The van der Waals surface area contributed by atoms with Crippen molar-refractivity contribution in [1.82, 2.24) is 5.43 Å². The van der Waals surface area contributed by atoms with Crippen LogP contribution in [0.1, 0.15) is 16.1 Å². The van der Waals surface area contributed by atoms with Crippen LogP contribution in [0.3, 0.4) is 0 Å². The normalized spacial score (nSPS) is 11.1. The Morgan fingerprint density at radius 3 is 2.96 bits per heavy atom. The van der Waals surface area contributed by atoms with Crippen molar-refractivity contribution in [1.29, 1.82) is 0 Å². The van der Waals surface area contributed by atoms with Gasteiger partial charge in [-0.1, -0.05) is 28.1 Å². The van der Waals surface area contributed by atoms with E-state index in [0.717, 1.165) is 9.86 Å². The van der Waals surface area contributed by atoms with E-state index in [1.807, 2.05) is 12.1 Å². The first kappa shape index (κ1) is 16.1. The van der Waals surface area contributed by atoms with Gasteiger partial charge < -0.3 is 14.3 Å². The number of furan rings is 1. The van der Waals surface area contributed by atoms with Crippen molar-refractivity contribution in [2.75, 3.05) is 7.11 Å². The molecular formula is C17H13BrN2O4. The first-order chi connectivity index (χ1) is 11.6. The lowest BCUT2D eigenvalue weighted by atomic mass is 10.2. The van der Waals surface area contributed by atoms with Gasteiger partial charge in [-0.25, -0.2) is 5.43 Å².